The normalized spacial score (nSPS) is 11.0. The molecule has 3 N–H and O–H groups in total. The van der Waals surface area contributed by atoms with Crippen LogP contribution in [0.15, 0.2) is 67.0 Å². The molecule has 2 aromatic heterocycles. The van der Waals surface area contributed by atoms with Crippen molar-refractivity contribution in [3.05, 3.63) is 83.3 Å². The Bertz CT molecular complexity index is 1040. The quantitative estimate of drug-likeness (QED) is 0.518. The minimum absolute atomic E-state index is 0.318. The highest BCUT2D eigenvalue weighted by Gasteiger charge is 2.11. The van der Waals surface area contributed by atoms with Crippen molar-refractivity contribution in [1.82, 2.24) is 14.8 Å². The Hall–Kier alpha value is -3.05. The first-order valence-corrected chi connectivity index (χ1v) is 8.71. The van der Waals surface area contributed by atoms with Crippen LogP contribution in [-0.4, -0.2) is 14.8 Å². The van der Waals surface area contributed by atoms with Crippen LogP contribution in [0.3, 0.4) is 0 Å². The summed E-state index contributed by atoms with van der Waals surface area (Å²) in [5.41, 5.74) is 10.6. The Morgan fingerprint density at radius 2 is 1.88 bits per heavy atom. The Kier molecular flexibility index (Phi) is 4.46. The lowest BCUT2D eigenvalue weighted by atomic mass is 10.1. The molecule has 0 bridgehead atoms. The van der Waals surface area contributed by atoms with E-state index in [2.05, 4.69) is 39.7 Å². The number of nitrogens with zero attached hydrogens (tertiary/aromatic N) is 3. The Labute approximate surface area is 156 Å². The van der Waals surface area contributed by atoms with Crippen molar-refractivity contribution in [1.29, 1.82) is 0 Å². The van der Waals surface area contributed by atoms with Crippen molar-refractivity contribution in [3.63, 3.8) is 0 Å². The van der Waals surface area contributed by atoms with Crippen LogP contribution < -0.4 is 11.1 Å². The van der Waals surface area contributed by atoms with Crippen molar-refractivity contribution >= 4 is 33.9 Å². The van der Waals surface area contributed by atoms with E-state index in [0.717, 1.165) is 28.7 Å². The molecule has 0 saturated carbocycles. The number of halogens is 1. The predicted octanol–water partition coefficient (Wildman–Crippen LogP) is 4.33. The van der Waals surface area contributed by atoms with E-state index in [1.165, 1.54) is 5.56 Å². The van der Waals surface area contributed by atoms with E-state index in [0.29, 0.717) is 17.4 Å². The number of rotatable bonds is 5. The van der Waals surface area contributed by atoms with E-state index in [9.17, 15) is 0 Å². The van der Waals surface area contributed by atoms with Crippen LogP contribution in [0.5, 0.6) is 0 Å². The van der Waals surface area contributed by atoms with E-state index in [1.807, 2.05) is 41.2 Å². The zero-order valence-corrected chi connectivity index (χ0v) is 14.8. The van der Waals surface area contributed by atoms with E-state index >= 15 is 0 Å². The number of pyridine rings is 1. The number of nitrogen functional groups attached to an aromatic ring is 1. The fourth-order valence-corrected chi connectivity index (χ4v) is 3.18. The van der Waals surface area contributed by atoms with E-state index in [4.69, 9.17) is 17.3 Å². The van der Waals surface area contributed by atoms with Crippen LogP contribution in [0.1, 0.15) is 11.1 Å². The van der Waals surface area contributed by atoms with Gasteiger partial charge in [0.05, 0.1) is 23.4 Å². The topological polar surface area (TPSA) is 68.8 Å². The van der Waals surface area contributed by atoms with E-state index < -0.39 is 0 Å². The second-order valence-corrected chi connectivity index (χ2v) is 6.44. The number of nitrogens with one attached hydrogen (secondary N) is 1. The van der Waals surface area contributed by atoms with Crippen LogP contribution in [0, 0.1) is 0 Å². The summed E-state index contributed by atoms with van der Waals surface area (Å²) in [4.78, 5) is 4.34. The van der Waals surface area contributed by atoms with Gasteiger partial charge in [0.25, 0.3) is 0 Å². The molecule has 5 nitrogen and oxygen atoms in total. The maximum absolute atomic E-state index is 6.19. The lowest BCUT2D eigenvalue weighted by molar-refractivity contribution is 0.686. The third-order valence-electron chi connectivity index (χ3n) is 4.25. The van der Waals surface area contributed by atoms with Gasteiger partial charge in [0.2, 0.25) is 0 Å². The maximum atomic E-state index is 6.19. The van der Waals surface area contributed by atoms with Gasteiger partial charge in [-0.3, -0.25) is 4.68 Å². The standard InChI is InChI=1S/C20H18ClN5/c21-20-18(22)19(16-7-1-2-8-17(16)25-20)23-12-14-5-3-6-15(11-14)13-26-10-4-9-24-26/h1-11H,12-13,22H2,(H,23,25). The summed E-state index contributed by atoms with van der Waals surface area (Å²) < 4.78 is 1.90. The van der Waals surface area contributed by atoms with Gasteiger partial charge in [-0.15, -0.1) is 0 Å². The molecule has 2 aromatic carbocycles. The average molecular weight is 364 g/mol. The molecule has 4 aromatic rings. The van der Waals surface area contributed by atoms with E-state index in [1.54, 1.807) is 6.20 Å². The Morgan fingerprint density at radius 1 is 1.04 bits per heavy atom. The third-order valence-corrected chi connectivity index (χ3v) is 4.54. The summed E-state index contributed by atoms with van der Waals surface area (Å²) >= 11 is 6.19. The highest BCUT2D eigenvalue weighted by atomic mass is 35.5. The maximum Gasteiger partial charge on any atom is 0.154 e. The van der Waals surface area contributed by atoms with Crippen LogP contribution in [-0.2, 0) is 13.1 Å². The summed E-state index contributed by atoms with van der Waals surface area (Å²) in [5, 5.41) is 8.96. The molecular weight excluding hydrogens is 346 g/mol. The molecule has 0 fully saturated rings. The molecule has 0 amide bonds. The number of aromatic nitrogens is 3. The number of hydrogen-bond donors (Lipinski definition) is 2. The Morgan fingerprint density at radius 3 is 2.73 bits per heavy atom. The molecule has 130 valence electrons. The van der Waals surface area contributed by atoms with Gasteiger partial charge in [-0.2, -0.15) is 5.10 Å². The zero-order valence-electron chi connectivity index (χ0n) is 14.1. The van der Waals surface area contributed by atoms with Crippen molar-refractivity contribution in [2.45, 2.75) is 13.1 Å². The molecule has 0 aliphatic rings. The number of hydrogen-bond acceptors (Lipinski definition) is 4. The number of anilines is 2. The van der Waals surface area contributed by atoms with E-state index in [-0.39, 0.29) is 0 Å². The molecule has 26 heavy (non-hydrogen) atoms. The fraction of sp³-hybridized carbons (Fsp3) is 0.100. The first kappa shape index (κ1) is 16.4. The molecule has 0 unspecified atom stereocenters. The summed E-state index contributed by atoms with van der Waals surface area (Å²) in [7, 11) is 0. The minimum Gasteiger partial charge on any atom is -0.395 e. The fourth-order valence-electron chi connectivity index (χ4n) is 3.00. The van der Waals surface area contributed by atoms with Gasteiger partial charge in [-0.05, 0) is 23.3 Å². The minimum atomic E-state index is 0.318. The molecule has 0 aliphatic heterocycles. The Balaban J connectivity index is 1.58. The molecule has 6 heteroatoms. The smallest absolute Gasteiger partial charge is 0.154 e. The van der Waals surface area contributed by atoms with Gasteiger partial charge in [-0.25, -0.2) is 4.98 Å². The van der Waals surface area contributed by atoms with Crippen molar-refractivity contribution in [2.24, 2.45) is 0 Å². The summed E-state index contributed by atoms with van der Waals surface area (Å²) in [5.74, 6) is 0. The highest BCUT2D eigenvalue weighted by molar-refractivity contribution is 6.33. The van der Waals surface area contributed by atoms with Crippen LogP contribution in [0.2, 0.25) is 5.15 Å². The predicted molar refractivity (Wildman–Crippen MR) is 106 cm³/mol. The SMILES string of the molecule is Nc1c(Cl)nc2ccccc2c1NCc1cccc(Cn2cccn2)c1. The molecule has 2 heterocycles. The number of fused-ring (bicyclic) bond motifs is 1. The monoisotopic (exact) mass is 363 g/mol. The molecule has 4 rings (SSSR count). The first-order valence-electron chi connectivity index (χ1n) is 8.33. The molecule has 0 radical (unpaired) electrons. The van der Waals surface area contributed by atoms with Crippen molar-refractivity contribution in [3.8, 4) is 0 Å². The number of nitrogens with two attached hydrogens (primary N) is 1. The van der Waals surface area contributed by atoms with Crippen LogP contribution >= 0.6 is 11.6 Å². The summed E-state index contributed by atoms with van der Waals surface area (Å²) in [6, 6.07) is 18.1. The second kappa shape index (κ2) is 7.06. The van der Waals surface area contributed by atoms with Crippen molar-refractivity contribution in [2.75, 3.05) is 11.1 Å². The van der Waals surface area contributed by atoms with Gasteiger partial charge < -0.3 is 11.1 Å². The van der Waals surface area contributed by atoms with Gasteiger partial charge >= 0.3 is 0 Å². The summed E-state index contributed by atoms with van der Waals surface area (Å²) in [6.45, 7) is 1.38. The lowest BCUT2D eigenvalue weighted by Crippen LogP contribution is -2.06. The van der Waals surface area contributed by atoms with Gasteiger partial charge in [0.1, 0.15) is 0 Å². The molecule has 0 saturated heterocycles. The average Bonchev–Trinajstić information content (AvgIpc) is 3.15. The molecule has 0 atom stereocenters. The van der Waals surface area contributed by atoms with Gasteiger partial charge in [-0.1, -0.05) is 54.1 Å². The molecular formula is C20H18ClN5. The van der Waals surface area contributed by atoms with Crippen LogP contribution in [0.25, 0.3) is 10.9 Å². The van der Waals surface area contributed by atoms with Gasteiger partial charge in [0, 0.05) is 24.3 Å². The molecule has 0 aliphatic carbocycles. The molecule has 0 spiro atoms. The number of benzene rings is 2. The zero-order chi connectivity index (χ0) is 17.9. The van der Waals surface area contributed by atoms with Crippen LogP contribution in [0.4, 0.5) is 11.4 Å². The van der Waals surface area contributed by atoms with Gasteiger partial charge in [0.15, 0.2) is 5.15 Å². The largest absolute Gasteiger partial charge is 0.395 e. The summed E-state index contributed by atoms with van der Waals surface area (Å²) in [6.07, 6.45) is 3.74. The number of para-hydroxylation sites is 1. The lowest BCUT2D eigenvalue weighted by Gasteiger charge is -2.14. The highest BCUT2D eigenvalue weighted by Crippen LogP contribution is 2.33. The van der Waals surface area contributed by atoms with Crippen molar-refractivity contribution < 1.29 is 0 Å². The first-order chi connectivity index (χ1) is 12.7. The third kappa shape index (κ3) is 3.34. The second-order valence-electron chi connectivity index (χ2n) is 6.09.